The van der Waals surface area contributed by atoms with Gasteiger partial charge in [0.2, 0.25) is 10.0 Å². The number of nitrogens with one attached hydrogen (secondary N) is 2. The number of benzene rings is 2. The normalized spacial score (nSPS) is 15.4. The van der Waals surface area contributed by atoms with Gasteiger partial charge in [0.1, 0.15) is 4.90 Å². The Hall–Kier alpha value is -2.68. The fourth-order valence-electron chi connectivity index (χ4n) is 3.65. The number of aromatic nitrogens is 2. The number of rotatable bonds is 5. The lowest BCUT2D eigenvalue weighted by Crippen LogP contribution is -2.32. The average Bonchev–Trinajstić information content (AvgIpc) is 3.16. The molecule has 9 heteroatoms. The molecule has 0 spiro atoms. The van der Waals surface area contributed by atoms with Crippen LogP contribution in [-0.2, 0) is 10.0 Å². The van der Waals surface area contributed by atoms with Crippen LogP contribution in [0.1, 0.15) is 36.0 Å². The molecular formula is C22H23ClN4O3S. The van der Waals surface area contributed by atoms with Gasteiger partial charge in [-0.1, -0.05) is 36.6 Å². The first-order valence-electron chi connectivity index (χ1n) is 10.2. The van der Waals surface area contributed by atoms with E-state index in [4.69, 9.17) is 11.6 Å². The standard InChI is InChI=1S/C22H23ClN4O3S/c23-19-9-8-17(15-21(19)31(29,30)27-12-3-1-2-4-13-27)22(28)25-18-7-5-6-16(14-18)20-10-11-24-26-20/h5-11,14-15H,1-4,12-13H2,(H,24,26)(H,25,28). The summed E-state index contributed by atoms with van der Waals surface area (Å²) in [6.07, 6.45) is 5.33. The molecule has 1 saturated heterocycles. The monoisotopic (exact) mass is 458 g/mol. The van der Waals surface area contributed by atoms with E-state index in [0.717, 1.165) is 36.9 Å². The molecule has 3 aromatic rings. The Kier molecular flexibility index (Phi) is 6.41. The predicted molar refractivity (Wildman–Crippen MR) is 121 cm³/mol. The van der Waals surface area contributed by atoms with E-state index in [9.17, 15) is 13.2 Å². The maximum absolute atomic E-state index is 13.2. The van der Waals surface area contributed by atoms with Crippen LogP contribution < -0.4 is 5.32 Å². The van der Waals surface area contributed by atoms with Crippen molar-refractivity contribution in [1.82, 2.24) is 14.5 Å². The number of aromatic amines is 1. The minimum absolute atomic E-state index is 0.0325. The van der Waals surface area contributed by atoms with Gasteiger partial charge in [0.05, 0.1) is 10.7 Å². The highest BCUT2D eigenvalue weighted by Crippen LogP contribution is 2.28. The van der Waals surface area contributed by atoms with E-state index in [-0.39, 0.29) is 15.5 Å². The van der Waals surface area contributed by atoms with Gasteiger partial charge in [-0.15, -0.1) is 0 Å². The van der Waals surface area contributed by atoms with Gasteiger partial charge in [-0.25, -0.2) is 8.42 Å². The Morgan fingerprint density at radius 3 is 2.52 bits per heavy atom. The first-order valence-corrected chi connectivity index (χ1v) is 12.0. The molecule has 31 heavy (non-hydrogen) atoms. The quantitative estimate of drug-likeness (QED) is 0.586. The van der Waals surface area contributed by atoms with Crippen LogP contribution in [0.3, 0.4) is 0 Å². The molecule has 0 unspecified atom stereocenters. The number of nitrogens with zero attached hydrogens (tertiary/aromatic N) is 2. The van der Waals surface area contributed by atoms with E-state index in [2.05, 4.69) is 15.5 Å². The summed E-state index contributed by atoms with van der Waals surface area (Å²) in [6, 6.07) is 13.5. The molecule has 162 valence electrons. The lowest BCUT2D eigenvalue weighted by molar-refractivity contribution is 0.102. The second-order valence-corrected chi connectivity index (χ2v) is 9.78. The molecule has 0 bridgehead atoms. The molecule has 1 fully saturated rings. The molecule has 7 nitrogen and oxygen atoms in total. The summed E-state index contributed by atoms with van der Waals surface area (Å²) < 4.78 is 27.8. The van der Waals surface area contributed by atoms with Crippen molar-refractivity contribution in [2.24, 2.45) is 0 Å². The van der Waals surface area contributed by atoms with Gasteiger partial charge in [-0.2, -0.15) is 9.40 Å². The van der Waals surface area contributed by atoms with Crippen molar-refractivity contribution in [1.29, 1.82) is 0 Å². The van der Waals surface area contributed by atoms with Crippen LogP contribution in [0, 0.1) is 0 Å². The largest absolute Gasteiger partial charge is 0.322 e. The number of anilines is 1. The number of amides is 1. The topological polar surface area (TPSA) is 95.2 Å². The minimum Gasteiger partial charge on any atom is -0.322 e. The third-order valence-electron chi connectivity index (χ3n) is 5.31. The van der Waals surface area contributed by atoms with Crippen molar-refractivity contribution in [2.75, 3.05) is 18.4 Å². The maximum Gasteiger partial charge on any atom is 0.255 e. The zero-order chi connectivity index (χ0) is 21.8. The molecule has 1 aromatic heterocycles. The zero-order valence-electron chi connectivity index (χ0n) is 16.8. The lowest BCUT2D eigenvalue weighted by atomic mass is 10.1. The number of halogens is 1. The molecule has 1 aliphatic rings. The van der Waals surface area contributed by atoms with Gasteiger partial charge in [0.25, 0.3) is 5.91 Å². The SMILES string of the molecule is O=C(Nc1cccc(-c2ccn[nH]2)c1)c1ccc(Cl)c(S(=O)(=O)N2CCCCCC2)c1. The summed E-state index contributed by atoms with van der Waals surface area (Å²) >= 11 is 6.24. The van der Waals surface area contributed by atoms with Crippen molar-refractivity contribution in [3.63, 3.8) is 0 Å². The van der Waals surface area contributed by atoms with Gasteiger partial charge in [-0.05, 0) is 49.2 Å². The summed E-state index contributed by atoms with van der Waals surface area (Å²) in [6.45, 7) is 0.935. The third-order valence-corrected chi connectivity index (χ3v) is 7.69. The van der Waals surface area contributed by atoms with E-state index in [0.29, 0.717) is 18.8 Å². The van der Waals surface area contributed by atoms with Gasteiger partial charge >= 0.3 is 0 Å². The summed E-state index contributed by atoms with van der Waals surface area (Å²) in [7, 11) is -3.77. The highest BCUT2D eigenvalue weighted by Gasteiger charge is 2.28. The Labute approximate surface area is 186 Å². The molecule has 0 atom stereocenters. The molecule has 4 rings (SSSR count). The van der Waals surface area contributed by atoms with Crippen LogP contribution in [0.4, 0.5) is 5.69 Å². The van der Waals surface area contributed by atoms with Crippen LogP contribution in [-0.4, -0.2) is 41.9 Å². The maximum atomic E-state index is 13.2. The Bertz CT molecular complexity index is 1170. The molecule has 0 radical (unpaired) electrons. The lowest BCUT2D eigenvalue weighted by Gasteiger charge is -2.21. The summed E-state index contributed by atoms with van der Waals surface area (Å²) in [4.78, 5) is 12.8. The van der Waals surface area contributed by atoms with E-state index in [1.165, 1.54) is 22.5 Å². The second kappa shape index (κ2) is 9.21. The molecule has 2 aromatic carbocycles. The Morgan fingerprint density at radius 1 is 1.03 bits per heavy atom. The smallest absolute Gasteiger partial charge is 0.255 e. The highest BCUT2D eigenvalue weighted by molar-refractivity contribution is 7.89. The summed E-state index contributed by atoms with van der Waals surface area (Å²) in [5.74, 6) is -0.411. The first kappa shape index (κ1) is 21.5. The van der Waals surface area contributed by atoms with E-state index < -0.39 is 15.9 Å². The van der Waals surface area contributed by atoms with Crippen LogP contribution in [0.5, 0.6) is 0 Å². The fourth-order valence-corrected chi connectivity index (χ4v) is 5.67. The predicted octanol–water partition coefficient (Wildman–Crippen LogP) is 4.55. The minimum atomic E-state index is -3.77. The number of hydrogen-bond donors (Lipinski definition) is 2. The van der Waals surface area contributed by atoms with Crippen LogP contribution >= 0.6 is 11.6 Å². The fraction of sp³-hybridized carbons (Fsp3) is 0.273. The van der Waals surface area contributed by atoms with E-state index in [1.807, 2.05) is 24.3 Å². The molecular weight excluding hydrogens is 436 g/mol. The van der Waals surface area contributed by atoms with Crippen molar-refractivity contribution in [2.45, 2.75) is 30.6 Å². The third kappa shape index (κ3) is 4.81. The number of H-pyrrole nitrogens is 1. The van der Waals surface area contributed by atoms with Crippen LogP contribution in [0.15, 0.2) is 59.6 Å². The van der Waals surface area contributed by atoms with Gasteiger partial charge in [-0.3, -0.25) is 9.89 Å². The summed E-state index contributed by atoms with van der Waals surface area (Å²) in [5.41, 5.74) is 2.51. The second-order valence-electron chi connectivity index (χ2n) is 7.47. The van der Waals surface area contributed by atoms with Crippen molar-refractivity contribution < 1.29 is 13.2 Å². The highest BCUT2D eigenvalue weighted by atomic mass is 35.5. The Balaban J connectivity index is 1.58. The van der Waals surface area contributed by atoms with E-state index in [1.54, 1.807) is 12.3 Å². The van der Waals surface area contributed by atoms with Gasteiger partial charge < -0.3 is 5.32 Å². The van der Waals surface area contributed by atoms with Gasteiger partial charge in [0, 0.05) is 36.1 Å². The number of carbonyl (C=O) groups excluding carboxylic acids is 1. The molecule has 1 aliphatic heterocycles. The van der Waals surface area contributed by atoms with Crippen molar-refractivity contribution in [3.8, 4) is 11.3 Å². The molecule has 1 amide bonds. The first-order chi connectivity index (χ1) is 14.9. The van der Waals surface area contributed by atoms with Crippen LogP contribution in [0.2, 0.25) is 5.02 Å². The average molecular weight is 459 g/mol. The number of hydrogen-bond acceptors (Lipinski definition) is 4. The Morgan fingerprint density at radius 2 is 1.81 bits per heavy atom. The van der Waals surface area contributed by atoms with Crippen LogP contribution in [0.25, 0.3) is 11.3 Å². The van der Waals surface area contributed by atoms with Crippen molar-refractivity contribution in [3.05, 3.63) is 65.3 Å². The van der Waals surface area contributed by atoms with E-state index >= 15 is 0 Å². The van der Waals surface area contributed by atoms with Crippen molar-refractivity contribution >= 4 is 33.2 Å². The van der Waals surface area contributed by atoms with Gasteiger partial charge in [0.15, 0.2) is 0 Å². The molecule has 0 aliphatic carbocycles. The molecule has 2 N–H and O–H groups in total. The molecule has 2 heterocycles. The molecule has 0 saturated carbocycles. The number of carbonyl (C=O) groups is 1. The summed E-state index contributed by atoms with van der Waals surface area (Å²) in [5, 5.41) is 9.76. The number of sulfonamides is 1. The zero-order valence-corrected chi connectivity index (χ0v) is 18.4.